The van der Waals surface area contributed by atoms with Gasteiger partial charge in [-0.05, 0) is 37.0 Å². The molecule has 6 heteroatoms. The lowest BCUT2D eigenvalue weighted by Crippen LogP contribution is -2.48. The zero-order valence-electron chi connectivity index (χ0n) is 10.8. The highest BCUT2D eigenvalue weighted by Crippen LogP contribution is 2.26. The molecule has 0 saturated carbocycles. The van der Waals surface area contributed by atoms with E-state index in [4.69, 9.17) is 23.2 Å². The molecule has 108 valence electrons. The Morgan fingerprint density at radius 3 is 2.50 bits per heavy atom. The molecule has 1 aliphatic heterocycles. The van der Waals surface area contributed by atoms with Gasteiger partial charge in [0.25, 0.3) is 0 Å². The molecule has 1 atom stereocenters. The molecule has 0 unspecified atom stereocenters. The summed E-state index contributed by atoms with van der Waals surface area (Å²) in [5.41, 5.74) is 0.551. The van der Waals surface area contributed by atoms with Crippen molar-refractivity contribution in [1.29, 1.82) is 0 Å². The van der Waals surface area contributed by atoms with Crippen LogP contribution in [0.25, 0.3) is 0 Å². The van der Waals surface area contributed by atoms with Gasteiger partial charge in [0.05, 0.1) is 6.42 Å². The summed E-state index contributed by atoms with van der Waals surface area (Å²) in [6, 6.07) is 4.30. The first-order valence-corrected chi connectivity index (χ1v) is 7.21. The maximum absolute atomic E-state index is 12.3. The van der Waals surface area contributed by atoms with Crippen molar-refractivity contribution in [2.24, 2.45) is 0 Å². The molecule has 2 rings (SSSR count). The summed E-state index contributed by atoms with van der Waals surface area (Å²) in [5.74, 6) is -1.20. The summed E-state index contributed by atoms with van der Waals surface area (Å²) in [6.07, 6.45) is 2.18. The SMILES string of the molecule is O=C(O)[C@H]1CCCCN1C(=O)Cc1c(Cl)cccc1Cl. The normalized spacial score (nSPS) is 18.9. The molecular formula is C14H15Cl2NO3. The highest BCUT2D eigenvalue weighted by molar-refractivity contribution is 6.36. The molecular weight excluding hydrogens is 301 g/mol. The van der Waals surface area contributed by atoms with Crippen LogP contribution in [0.3, 0.4) is 0 Å². The van der Waals surface area contributed by atoms with Crippen molar-refractivity contribution in [3.63, 3.8) is 0 Å². The average molecular weight is 316 g/mol. The van der Waals surface area contributed by atoms with Crippen LogP contribution in [0.2, 0.25) is 10.0 Å². The minimum absolute atomic E-state index is 0.0300. The van der Waals surface area contributed by atoms with Gasteiger partial charge in [-0.25, -0.2) is 4.79 Å². The monoisotopic (exact) mass is 315 g/mol. The summed E-state index contributed by atoms with van der Waals surface area (Å²) in [7, 11) is 0. The second kappa shape index (κ2) is 6.46. The third-order valence-electron chi connectivity index (χ3n) is 3.50. The molecule has 0 aliphatic carbocycles. The summed E-state index contributed by atoms with van der Waals surface area (Å²) >= 11 is 12.1. The molecule has 1 aromatic carbocycles. The second-order valence-corrected chi connectivity index (χ2v) is 5.63. The van der Waals surface area contributed by atoms with Crippen molar-refractivity contribution in [3.8, 4) is 0 Å². The van der Waals surface area contributed by atoms with E-state index >= 15 is 0 Å². The number of halogens is 2. The van der Waals surface area contributed by atoms with Gasteiger partial charge in [0.1, 0.15) is 6.04 Å². The van der Waals surface area contributed by atoms with Crippen molar-refractivity contribution in [2.45, 2.75) is 31.7 Å². The quantitative estimate of drug-likeness (QED) is 0.932. The topological polar surface area (TPSA) is 57.6 Å². The van der Waals surface area contributed by atoms with Crippen LogP contribution in [0.15, 0.2) is 18.2 Å². The third kappa shape index (κ3) is 3.25. The first-order valence-electron chi connectivity index (χ1n) is 6.46. The number of carboxylic acid groups (broad SMARTS) is 1. The maximum Gasteiger partial charge on any atom is 0.326 e. The Morgan fingerprint density at radius 2 is 1.90 bits per heavy atom. The number of piperidine rings is 1. The van der Waals surface area contributed by atoms with E-state index in [9.17, 15) is 14.7 Å². The van der Waals surface area contributed by atoms with Crippen molar-refractivity contribution in [3.05, 3.63) is 33.8 Å². The smallest absolute Gasteiger partial charge is 0.326 e. The number of aliphatic carboxylic acids is 1. The fourth-order valence-corrected chi connectivity index (χ4v) is 2.97. The van der Waals surface area contributed by atoms with Crippen molar-refractivity contribution in [2.75, 3.05) is 6.54 Å². The van der Waals surface area contributed by atoms with Gasteiger partial charge in [-0.2, -0.15) is 0 Å². The molecule has 1 saturated heterocycles. The van der Waals surface area contributed by atoms with E-state index in [0.717, 1.165) is 12.8 Å². The van der Waals surface area contributed by atoms with Crippen molar-refractivity contribution < 1.29 is 14.7 Å². The standard InChI is InChI=1S/C14H15Cl2NO3/c15-10-4-3-5-11(16)9(10)8-13(18)17-7-2-1-6-12(17)14(19)20/h3-5,12H,1-2,6-8H2,(H,19,20)/t12-/m1/s1. The van der Waals surface area contributed by atoms with Crippen molar-refractivity contribution >= 4 is 35.1 Å². The second-order valence-electron chi connectivity index (χ2n) is 4.81. The van der Waals surface area contributed by atoms with E-state index in [0.29, 0.717) is 28.6 Å². The van der Waals surface area contributed by atoms with Gasteiger partial charge in [-0.15, -0.1) is 0 Å². The minimum atomic E-state index is -0.955. The van der Waals surface area contributed by atoms with Crippen LogP contribution in [-0.4, -0.2) is 34.5 Å². The van der Waals surface area contributed by atoms with E-state index in [2.05, 4.69) is 0 Å². The number of carbonyl (C=O) groups is 2. The molecule has 0 radical (unpaired) electrons. The Labute approximate surface area is 127 Å². The van der Waals surface area contributed by atoms with Crippen LogP contribution in [-0.2, 0) is 16.0 Å². The largest absolute Gasteiger partial charge is 0.480 e. The summed E-state index contributed by atoms with van der Waals surface area (Å²) < 4.78 is 0. The van der Waals surface area contributed by atoms with Gasteiger partial charge in [-0.1, -0.05) is 29.3 Å². The lowest BCUT2D eigenvalue weighted by molar-refractivity contribution is -0.151. The third-order valence-corrected chi connectivity index (χ3v) is 4.21. The molecule has 1 aromatic rings. The van der Waals surface area contributed by atoms with E-state index in [1.165, 1.54) is 4.90 Å². The Balaban J connectivity index is 2.16. The highest BCUT2D eigenvalue weighted by Gasteiger charge is 2.32. The number of rotatable bonds is 3. The first-order chi connectivity index (χ1) is 9.50. The number of hydrogen-bond donors (Lipinski definition) is 1. The maximum atomic E-state index is 12.3. The van der Waals surface area contributed by atoms with E-state index in [1.807, 2.05) is 0 Å². The number of nitrogens with zero attached hydrogens (tertiary/aromatic N) is 1. The zero-order chi connectivity index (χ0) is 14.7. The molecule has 0 spiro atoms. The number of carbonyl (C=O) groups excluding carboxylic acids is 1. The Morgan fingerprint density at radius 1 is 1.25 bits per heavy atom. The van der Waals surface area contributed by atoms with E-state index in [1.54, 1.807) is 18.2 Å². The molecule has 4 nitrogen and oxygen atoms in total. The minimum Gasteiger partial charge on any atom is -0.480 e. The molecule has 1 heterocycles. The summed E-state index contributed by atoms with van der Waals surface area (Å²) in [5, 5.41) is 10.0. The molecule has 1 aliphatic rings. The number of amides is 1. The van der Waals surface area contributed by atoms with Gasteiger partial charge in [0, 0.05) is 16.6 Å². The summed E-state index contributed by atoms with van der Waals surface area (Å²) in [4.78, 5) is 25.0. The van der Waals surface area contributed by atoms with Crippen LogP contribution in [0.4, 0.5) is 0 Å². The molecule has 1 amide bonds. The van der Waals surface area contributed by atoms with Gasteiger partial charge < -0.3 is 10.0 Å². The van der Waals surface area contributed by atoms with Crippen LogP contribution in [0, 0.1) is 0 Å². The van der Waals surface area contributed by atoms with Gasteiger partial charge >= 0.3 is 5.97 Å². The fourth-order valence-electron chi connectivity index (χ4n) is 2.44. The Hall–Kier alpha value is -1.26. The number of carboxylic acids is 1. The van der Waals surface area contributed by atoms with Gasteiger partial charge in [-0.3, -0.25) is 4.79 Å². The molecule has 20 heavy (non-hydrogen) atoms. The van der Waals surface area contributed by atoms with Gasteiger partial charge in [0.15, 0.2) is 0 Å². The van der Waals surface area contributed by atoms with Crippen molar-refractivity contribution in [1.82, 2.24) is 4.90 Å². The van der Waals surface area contributed by atoms with E-state index < -0.39 is 12.0 Å². The highest BCUT2D eigenvalue weighted by atomic mass is 35.5. The average Bonchev–Trinajstić information content (AvgIpc) is 2.43. The molecule has 1 fully saturated rings. The molecule has 0 bridgehead atoms. The summed E-state index contributed by atoms with van der Waals surface area (Å²) in [6.45, 7) is 0.470. The molecule has 0 aromatic heterocycles. The lowest BCUT2D eigenvalue weighted by atomic mass is 10.0. The number of hydrogen-bond acceptors (Lipinski definition) is 2. The predicted octanol–water partition coefficient (Wildman–Crippen LogP) is 3.00. The van der Waals surface area contributed by atoms with Crippen LogP contribution in [0.5, 0.6) is 0 Å². The lowest BCUT2D eigenvalue weighted by Gasteiger charge is -2.33. The van der Waals surface area contributed by atoms with Crippen LogP contribution < -0.4 is 0 Å². The number of likely N-dealkylation sites (tertiary alicyclic amines) is 1. The zero-order valence-corrected chi connectivity index (χ0v) is 12.3. The van der Waals surface area contributed by atoms with Crippen LogP contribution >= 0.6 is 23.2 Å². The number of benzene rings is 1. The van der Waals surface area contributed by atoms with Gasteiger partial charge in [0.2, 0.25) is 5.91 Å². The van der Waals surface area contributed by atoms with E-state index in [-0.39, 0.29) is 12.3 Å². The predicted molar refractivity (Wildman–Crippen MR) is 77.2 cm³/mol. The first kappa shape index (κ1) is 15.1. The molecule has 1 N–H and O–H groups in total. The van der Waals surface area contributed by atoms with Crippen LogP contribution in [0.1, 0.15) is 24.8 Å². The Kier molecular flexibility index (Phi) is 4.89. The Bertz CT molecular complexity index is 513. The fraction of sp³-hybridized carbons (Fsp3) is 0.429.